The molecule has 4 nitrogen and oxygen atoms in total. The number of rotatable bonds is 4. The molecule has 1 saturated carbocycles. The summed E-state index contributed by atoms with van der Waals surface area (Å²) in [7, 11) is 0. The molecule has 1 amide bonds. The second-order valence-corrected chi connectivity index (χ2v) is 7.96. The maximum absolute atomic E-state index is 12.5. The molecule has 126 valence electrons. The minimum atomic E-state index is 0.131. The summed E-state index contributed by atoms with van der Waals surface area (Å²) in [6.07, 6.45) is 6.48. The van der Waals surface area contributed by atoms with E-state index in [0.717, 1.165) is 42.4 Å². The normalized spacial score (nSPS) is 19.4. The van der Waals surface area contributed by atoms with Crippen molar-refractivity contribution in [1.29, 1.82) is 0 Å². The molecule has 1 aliphatic heterocycles. The summed E-state index contributed by atoms with van der Waals surface area (Å²) < 4.78 is 0. The van der Waals surface area contributed by atoms with Gasteiger partial charge in [-0.05, 0) is 51.3 Å². The third-order valence-electron chi connectivity index (χ3n) is 5.04. The quantitative estimate of drug-likeness (QED) is 0.916. The molecule has 0 radical (unpaired) electrons. The zero-order chi connectivity index (χ0) is 16.5. The van der Waals surface area contributed by atoms with Gasteiger partial charge in [0.1, 0.15) is 0 Å². The Bertz CT molecular complexity index is 712. The van der Waals surface area contributed by atoms with Gasteiger partial charge in [-0.1, -0.05) is 41.2 Å². The Labute approximate surface area is 146 Å². The predicted molar refractivity (Wildman–Crippen MR) is 98.2 cm³/mol. The van der Waals surface area contributed by atoms with Crippen molar-refractivity contribution in [3.63, 3.8) is 0 Å². The van der Waals surface area contributed by atoms with Gasteiger partial charge in [0.2, 0.25) is 5.91 Å². The van der Waals surface area contributed by atoms with E-state index in [4.69, 9.17) is 0 Å². The fourth-order valence-corrected chi connectivity index (χ4v) is 4.18. The smallest absolute Gasteiger partial charge is 0.229 e. The molecule has 4 rings (SSSR count). The first-order valence-electron chi connectivity index (χ1n) is 8.77. The van der Waals surface area contributed by atoms with Crippen LogP contribution in [-0.2, 0) is 4.79 Å². The lowest BCUT2D eigenvalue weighted by molar-refractivity contribution is -0.121. The van der Waals surface area contributed by atoms with E-state index in [2.05, 4.69) is 46.4 Å². The van der Waals surface area contributed by atoms with Gasteiger partial charge in [0, 0.05) is 18.2 Å². The van der Waals surface area contributed by atoms with Crippen molar-refractivity contribution in [2.75, 3.05) is 18.4 Å². The number of thiazole rings is 1. The van der Waals surface area contributed by atoms with Crippen LogP contribution in [0.1, 0.15) is 31.2 Å². The largest absolute Gasteiger partial charge is 0.302 e. The van der Waals surface area contributed by atoms with Crippen molar-refractivity contribution in [3.8, 4) is 10.4 Å². The minimum Gasteiger partial charge on any atom is -0.302 e. The summed E-state index contributed by atoms with van der Waals surface area (Å²) in [4.78, 5) is 20.5. The van der Waals surface area contributed by atoms with Crippen molar-refractivity contribution in [1.82, 2.24) is 9.88 Å². The summed E-state index contributed by atoms with van der Waals surface area (Å²) in [5.74, 6) is 0.266. The molecule has 0 bridgehead atoms. The highest BCUT2D eigenvalue weighted by Crippen LogP contribution is 2.32. The molecular weight excluding hydrogens is 318 g/mol. The number of aryl methyl sites for hydroxylation is 1. The molecule has 2 aromatic rings. The maximum Gasteiger partial charge on any atom is 0.229 e. The van der Waals surface area contributed by atoms with E-state index in [1.807, 2.05) is 6.20 Å². The van der Waals surface area contributed by atoms with Crippen LogP contribution in [0, 0.1) is 12.8 Å². The Morgan fingerprint density at radius 1 is 1.17 bits per heavy atom. The van der Waals surface area contributed by atoms with Crippen LogP contribution in [0.5, 0.6) is 0 Å². The highest BCUT2D eigenvalue weighted by molar-refractivity contribution is 7.19. The first-order valence-corrected chi connectivity index (χ1v) is 9.58. The standard InChI is InChI=1S/C19H23N3OS/c1-13-2-4-14(5-3-13)17-12-20-19(24-17)21-18(23)15-8-10-22(11-9-15)16-6-7-16/h2-5,12,15-16H,6-11H2,1H3,(H,20,21,23). The molecule has 1 saturated heterocycles. The van der Waals surface area contributed by atoms with Crippen molar-refractivity contribution < 1.29 is 4.79 Å². The molecule has 2 aliphatic rings. The van der Waals surface area contributed by atoms with Crippen LogP contribution >= 0.6 is 11.3 Å². The Kier molecular flexibility index (Phi) is 4.37. The number of nitrogens with zero attached hydrogens (tertiary/aromatic N) is 2. The number of piperidine rings is 1. The number of carbonyl (C=O) groups excluding carboxylic acids is 1. The summed E-state index contributed by atoms with van der Waals surface area (Å²) in [5.41, 5.74) is 2.39. The van der Waals surface area contributed by atoms with Gasteiger partial charge in [0.05, 0.1) is 4.88 Å². The lowest BCUT2D eigenvalue weighted by Crippen LogP contribution is -2.39. The summed E-state index contributed by atoms with van der Waals surface area (Å²) in [6, 6.07) is 9.21. The van der Waals surface area contributed by atoms with E-state index in [-0.39, 0.29) is 11.8 Å². The SMILES string of the molecule is Cc1ccc(-c2cnc(NC(=O)C3CCN(C4CC4)CC3)s2)cc1. The molecule has 0 unspecified atom stereocenters. The Morgan fingerprint density at radius 2 is 1.88 bits per heavy atom. The zero-order valence-electron chi connectivity index (χ0n) is 14.0. The number of benzene rings is 1. The van der Waals surface area contributed by atoms with Gasteiger partial charge in [0.15, 0.2) is 5.13 Å². The number of hydrogen-bond acceptors (Lipinski definition) is 4. The van der Waals surface area contributed by atoms with Gasteiger partial charge in [-0.3, -0.25) is 4.79 Å². The second-order valence-electron chi connectivity index (χ2n) is 6.93. The number of anilines is 1. The van der Waals surface area contributed by atoms with Crippen molar-refractivity contribution in [2.45, 2.75) is 38.6 Å². The van der Waals surface area contributed by atoms with Crippen LogP contribution in [0.2, 0.25) is 0 Å². The third kappa shape index (κ3) is 3.52. The molecule has 2 heterocycles. The lowest BCUT2D eigenvalue weighted by atomic mass is 9.96. The van der Waals surface area contributed by atoms with E-state index in [9.17, 15) is 4.79 Å². The summed E-state index contributed by atoms with van der Waals surface area (Å²) in [6.45, 7) is 4.21. The molecule has 24 heavy (non-hydrogen) atoms. The number of hydrogen-bond donors (Lipinski definition) is 1. The molecule has 1 N–H and O–H groups in total. The van der Waals surface area contributed by atoms with Crippen LogP contribution in [0.15, 0.2) is 30.5 Å². The number of carbonyl (C=O) groups is 1. The van der Waals surface area contributed by atoms with E-state index in [0.29, 0.717) is 5.13 Å². The Hall–Kier alpha value is -1.72. The van der Waals surface area contributed by atoms with Crippen molar-refractivity contribution >= 4 is 22.4 Å². The molecule has 1 aliphatic carbocycles. The Balaban J connectivity index is 1.35. The van der Waals surface area contributed by atoms with Crippen molar-refractivity contribution in [3.05, 3.63) is 36.0 Å². The predicted octanol–water partition coefficient (Wildman–Crippen LogP) is 3.93. The number of nitrogens with one attached hydrogen (secondary N) is 1. The molecule has 1 aromatic heterocycles. The van der Waals surface area contributed by atoms with Gasteiger partial charge in [-0.25, -0.2) is 4.98 Å². The molecule has 1 aromatic carbocycles. The van der Waals surface area contributed by atoms with Crippen LogP contribution in [0.3, 0.4) is 0 Å². The topological polar surface area (TPSA) is 45.2 Å². The highest BCUT2D eigenvalue weighted by atomic mass is 32.1. The second kappa shape index (κ2) is 6.65. The fourth-order valence-electron chi connectivity index (χ4n) is 3.36. The molecular formula is C19H23N3OS. The summed E-state index contributed by atoms with van der Waals surface area (Å²) >= 11 is 1.55. The van der Waals surface area contributed by atoms with E-state index >= 15 is 0 Å². The average Bonchev–Trinajstić information content (AvgIpc) is 3.35. The Morgan fingerprint density at radius 3 is 2.54 bits per heavy atom. The number of amides is 1. The average molecular weight is 341 g/mol. The minimum absolute atomic E-state index is 0.131. The third-order valence-corrected chi connectivity index (χ3v) is 6.00. The zero-order valence-corrected chi connectivity index (χ0v) is 14.8. The molecule has 0 atom stereocenters. The van der Waals surface area contributed by atoms with E-state index in [1.165, 1.54) is 18.4 Å². The van der Waals surface area contributed by atoms with Crippen molar-refractivity contribution in [2.24, 2.45) is 5.92 Å². The van der Waals surface area contributed by atoms with Gasteiger partial charge in [-0.15, -0.1) is 0 Å². The van der Waals surface area contributed by atoms with Gasteiger partial charge < -0.3 is 10.2 Å². The molecule has 5 heteroatoms. The number of aromatic nitrogens is 1. The van der Waals surface area contributed by atoms with Gasteiger partial charge in [0.25, 0.3) is 0 Å². The van der Waals surface area contributed by atoms with Crippen LogP contribution in [0.25, 0.3) is 10.4 Å². The fraction of sp³-hybridized carbons (Fsp3) is 0.474. The maximum atomic E-state index is 12.5. The van der Waals surface area contributed by atoms with Crippen LogP contribution in [0.4, 0.5) is 5.13 Å². The molecule has 0 spiro atoms. The number of likely N-dealkylation sites (tertiary alicyclic amines) is 1. The van der Waals surface area contributed by atoms with E-state index < -0.39 is 0 Å². The lowest BCUT2D eigenvalue weighted by Gasteiger charge is -2.31. The monoisotopic (exact) mass is 341 g/mol. The van der Waals surface area contributed by atoms with Gasteiger partial charge in [-0.2, -0.15) is 0 Å². The first kappa shape index (κ1) is 15.8. The van der Waals surface area contributed by atoms with E-state index in [1.54, 1.807) is 11.3 Å². The summed E-state index contributed by atoms with van der Waals surface area (Å²) in [5, 5.41) is 3.73. The van der Waals surface area contributed by atoms with Gasteiger partial charge >= 0.3 is 0 Å². The molecule has 2 fully saturated rings. The van der Waals surface area contributed by atoms with Crippen LogP contribution in [-0.4, -0.2) is 34.9 Å². The highest BCUT2D eigenvalue weighted by Gasteiger charge is 2.33. The van der Waals surface area contributed by atoms with Crippen LogP contribution < -0.4 is 5.32 Å². The first-order chi connectivity index (χ1) is 11.7.